The Labute approximate surface area is 103 Å². The fourth-order valence-corrected chi connectivity index (χ4v) is 1.63. The number of nitrogens with two attached hydrogens (primary N) is 1. The Morgan fingerprint density at radius 3 is 2.65 bits per heavy atom. The fraction of sp³-hybridized carbons (Fsp3) is 0.538. The van der Waals surface area contributed by atoms with Crippen LogP contribution in [0.2, 0.25) is 0 Å². The Morgan fingerprint density at radius 1 is 1.53 bits per heavy atom. The third-order valence-corrected chi connectivity index (χ3v) is 3.25. The van der Waals surface area contributed by atoms with E-state index in [4.69, 9.17) is 5.73 Å². The van der Waals surface area contributed by atoms with E-state index in [0.717, 1.165) is 5.56 Å². The van der Waals surface area contributed by atoms with E-state index in [0.29, 0.717) is 12.8 Å². The summed E-state index contributed by atoms with van der Waals surface area (Å²) in [7, 11) is 0. The third-order valence-electron chi connectivity index (χ3n) is 3.25. The molecule has 0 saturated carbocycles. The molecular weight excluding hydrogens is 214 g/mol. The molecule has 0 fully saturated rings. The highest BCUT2D eigenvalue weighted by Gasteiger charge is 2.30. The summed E-state index contributed by atoms with van der Waals surface area (Å²) in [5.41, 5.74) is 6.25. The van der Waals surface area contributed by atoms with Gasteiger partial charge in [-0.15, -0.1) is 0 Å². The zero-order valence-electron chi connectivity index (χ0n) is 10.7. The van der Waals surface area contributed by atoms with Crippen molar-refractivity contribution < 1.29 is 4.79 Å². The van der Waals surface area contributed by atoms with Gasteiger partial charge in [0, 0.05) is 12.4 Å². The molecule has 3 N–H and O–H groups in total. The highest BCUT2D eigenvalue weighted by Crippen LogP contribution is 2.15. The predicted molar refractivity (Wildman–Crippen MR) is 68.3 cm³/mol. The van der Waals surface area contributed by atoms with Crippen molar-refractivity contribution in [1.29, 1.82) is 0 Å². The lowest BCUT2D eigenvalue weighted by molar-refractivity contribution is -0.127. The van der Waals surface area contributed by atoms with Gasteiger partial charge in [-0.2, -0.15) is 0 Å². The number of nitrogens with zero attached hydrogens (tertiary/aromatic N) is 1. The van der Waals surface area contributed by atoms with Gasteiger partial charge in [0.15, 0.2) is 0 Å². The third kappa shape index (κ3) is 3.27. The average Bonchev–Trinajstić information content (AvgIpc) is 2.38. The smallest absolute Gasteiger partial charge is 0.240 e. The minimum atomic E-state index is -0.767. The molecule has 0 aliphatic carbocycles. The fourth-order valence-electron chi connectivity index (χ4n) is 1.63. The standard InChI is InChI=1S/C13H21N3O/c1-4-13(14,5-2)12(17)16-10(3)11-7-6-8-15-9-11/h6-10H,4-5,14H2,1-3H3,(H,16,17)/t10-/m1/s1. The van der Waals surface area contributed by atoms with E-state index >= 15 is 0 Å². The van der Waals surface area contributed by atoms with Crippen molar-refractivity contribution in [3.63, 3.8) is 0 Å². The minimum Gasteiger partial charge on any atom is -0.348 e. The van der Waals surface area contributed by atoms with Crippen molar-refractivity contribution in [1.82, 2.24) is 10.3 Å². The van der Waals surface area contributed by atoms with Crippen LogP contribution >= 0.6 is 0 Å². The highest BCUT2D eigenvalue weighted by molar-refractivity contribution is 5.86. The van der Waals surface area contributed by atoms with Crippen molar-refractivity contribution in [3.8, 4) is 0 Å². The molecule has 1 heterocycles. The number of carbonyl (C=O) groups is 1. The van der Waals surface area contributed by atoms with Crippen LogP contribution in [0.15, 0.2) is 24.5 Å². The largest absolute Gasteiger partial charge is 0.348 e. The number of rotatable bonds is 5. The first-order chi connectivity index (χ1) is 8.03. The Kier molecular flexibility index (Phi) is 4.63. The second-order valence-electron chi connectivity index (χ2n) is 4.34. The molecule has 1 aromatic heterocycles. The molecule has 0 aliphatic heterocycles. The summed E-state index contributed by atoms with van der Waals surface area (Å²) < 4.78 is 0. The molecule has 1 atom stereocenters. The molecule has 1 amide bonds. The molecular formula is C13H21N3O. The molecule has 0 radical (unpaired) electrons. The normalized spacial score (nSPS) is 13.2. The molecule has 0 bridgehead atoms. The first-order valence-electron chi connectivity index (χ1n) is 6.03. The monoisotopic (exact) mass is 235 g/mol. The van der Waals surface area contributed by atoms with Crippen LogP contribution in [0.4, 0.5) is 0 Å². The maximum atomic E-state index is 12.1. The van der Waals surface area contributed by atoms with Gasteiger partial charge in [0.05, 0.1) is 11.6 Å². The van der Waals surface area contributed by atoms with Gasteiger partial charge in [0.25, 0.3) is 0 Å². The lowest BCUT2D eigenvalue weighted by atomic mass is 9.92. The van der Waals surface area contributed by atoms with E-state index in [1.54, 1.807) is 12.4 Å². The van der Waals surface area contributed by atoms with Gasteiger partial charge in [-0.3, -0.25) is 9.78 Å². The van der Waals surface area contributed by atoms with E-state index in [1.807, 2.05) is 32.9 Å². The van der Waals surface area contributed by atoms with Crippen LogP contribution in [0.5, 0.6) is 0 Å². The lowest BCUT2D eigenvalue weighted by Gasteiger charge is -2.27. The Balaban J connectivity index is 2.69. The van der Waals surface area contributed by atoms with Gasteiger partial charge < -0.3 is 11.1 Å². The van der Waals surface area contributed by atoms with Gasteiger partial charge in [-0.05, 0) is 31.4 Å². The van der Waals surface area contributed by atoms with Crippen LogP contribution in [0.3, 0.4) is 0 Å². The van der Waals surface area contributed by atoms with Crippen molar-refractivity contribution in [2.45, 2.75) is 45.2 Å². The zero-order valence-corrected chi connectivity index (χ0v) is 10.7. The molecule has 94 valence electrons. The second-order valence-corrected chi connectivity index (χ2v) is 4.34. The summed E-state index contributed by atoms with van der Waals surface area (Å²) in [4.78, 5) is 16.1. The molecule has 0 spiro atoms. The molecule has 1 aromatic rings. The summed E-state index contributed by atoms with van der Waals surface area (Å²) in [6, 6.07) is 3.72. The number of hydrogen-bond donors (Lipinski definition) is 2. The van der Waals surface area contributed by atoms with E-state index in [2.05, 4.69) is 10.3 Å². The first kappa shape index (κ1) is 13.6. The van der Waals surface area contributed by atoms with Crippen LogP contribution in [-0.4, -0.2) is 16.4 Å². The number of hydrogen-bond acceptors (Lipinski definition) is 3. The summed E-state index contributed by atoms with van der Waals surface area (Å²) >= 11 is 0. The molecule has 0 aromatic carbocycles. The number of pyridine rings is 1. The molecule has 0 aliphatic rings. The lowest BCUT2D eigenvalue weighted by Crippen LogP contribution is -2.53. The SMILES string of the molecule is CCC(N)(CC)C(=O)N[C@H](C)c1cccnc1. The summed E-state index contributed by atoms with van der Waals surface area (Å²) in [5, 5.41) is 2.93. The minimum absolute atomic E-state index is 0.0720. The van der Waals surface area contributed by atoms with Crippen LogP contribution < -0.4 is 11.1 Å². The highest BCUT2D eigenvalue weighted by atomic mass is 16.2. The maximum absolute atomic E-state index is 12.1. The van der Waals surface area contributed by atoms with Gasteiger partial charge in [-0.25, -0.2) is 0 Å². The number of nitrogens with one attached hydrogen (secondary N) is 1. The zero-order chi connectivity index (χ0) is 12.9. The van der Waals surface area contributed by atoms with Crippen molar-refractivity contribution in [2.75, 3.05) is 0 Å². The molecule has 4 heteroatoms. The Bertz CT molecular complexity index is 360. The van der Waals surface area contributed by atoms with Crippen LogP contribution in [0.1, 0.15) is 45.2 Å². The predicted octanol–water partition coefficient (Wildman–Crippen LogP) is 1.78. The molecule has 17 heavy (non-hydrogen) atoms. The molecule has 0 unspecified atom stereocenters. The number of aromatic nitrogens is 1. The van der Waals surface area contributed by atoms with Crippen molar-refractivity contribution in [3.05, 3.63) is 30.1 Å². The first-order valence-corrected chi connectivity index (χ1v) is 6.03. The maximum Gasteiger partial charge on any atom is 0.240 e. The van der Waals surface area contributed by atoms with Crippen molar-refractivity contribution >= 4 is 5.91 Å². The van der Waals surface area contributed by atoms with E-state index in [9.17, 15) is 4.79 Å². The van der Waals surface area contributed by atoms with Crippen LogP contribution in [0, 0.1) is 0 Å². The van der Waals surface area contributed by atoms with Crippen LogP contribution in [-0.2, 0) is 4.79 Å². The molecule has 4 nitrogen and oxygen atoms in total. The Morgan fingerprint density at radius 2 is 2.18 bits per heavy atom. The Hall–Kier alpha value is -1.42. The van der Waals surface area contributed by atoms with Gasteiger partial charge in [0.1, 0.15) is 0 Å². The summed E-state index contributed by atoms with van der Waals surface area (Å²) in [5.74, 6) is -0.0983. The van der Waals surface area contributed by atoms with Crippen LogP contribution in [0.25, 0.3) is 0 Å². The van der Waals surface area contributed by atoms with E-state index < -0.39 is 5.54 Å². The van der Waals surface area contributed by atoms with Gasteiger partial charge >= 0.3 is 0 Å². The molecule has 1 rings (SSSR count). The molecule has 0 saturated heterocycles. The number of carbonyl (C=O) groups excluding carboxylic acids is 1. The number of amides is 1. The van der Waals surface area contributed by atoms with Crippen molar-refractivity contribution in [2.24, 2.45) is 5.73 Å². The quantitative estimate of drug-likeness (QED) is 0.817. The van der Waals surface area contributed by atoms with Gasteiger partial charge in [0.2, 0.25) is 5.91 Å². The topological polar surface area (TPSA) is 68.0 Å². The van der Waals surface area contributed by atoms with E-state index in [-0.39, 0.29) is 11.9 Å². The second kappa shape index (κ2) is 5.77. The summed E-state index contributed by atoms with van der Waals surface area (Å²) in [6.45, 7) is 5.79. The average molecular weight is 235 g/mol. The summed E-state index contributed by atoms with van der Waals surface area (Å²) in [6.07, 6.45) is 4.73. The van der Waals surface area contributed by atoms with E-state index in [1.165, 1.54) is 0 Å². The van der Waals surface area contributed by atoms with Gasteiger partial charge in [-0.1, -0.05) is 19.9 Å².